The number of aryl methyl sites for hydroxylation is 2. The van der Waals surface area contributed by atoms with Crippen LogP contribution in [0, 0.1) is 5.92 Å². The lowest BCUT2D eigenvalue weighted by Crippen LogP contribution is -2.60. The number of hydrogen-bond acceptors (Lipinski definition) is 2. The lowest BCUT2D eigenvalue weighted by atomic mass is 9.90. The summed E-state index contributed by atoms with van der Waals surface area (Å²) in [4.78, 5) is 2.75. The highest BCUT2D eigenvalue weighted by Gasteiger charge is 2.46. The standard InChI is InChI=1S/C18H26N2/c1-18(17-7-8-17)13-19-9-10-20(18)12-14-5-6-15-3-2-4-16(15)11-14/h5-6,11,17,19H,2-4,7-10,12-13H2,1H3. The van der Waals surface area contributed by atoms with Gasteiger partial charge in [-0.25, -0.2) is 0 Å². The maximum Gasteiger partial charge on any atom is 0.0337 e. The number of nitrogens with zero attached hydrogens (tertiary/aromatic N) is 1. The van der Waals surface area contributed by atoms with E-state index in [9.17, 15) is 0 Å². The molecule has 2 fully saturated rings. The van der Waals surface area contributed by atoms with Gasteiger partial charge >= 0.3 is 0 Å². The van der Waals surface area contributed by atoms with Crippen molar-refractivity contribution in [2.45, 2.75) is 51.1 Å². The zero-order chi connectivity index (χ0) is 13.6. The molecule has 1 N–H and O–H groups in total. The highest BCUT2D eigenvalue weighted by molar-refractivity contribution is 5.35. The van der Waals surface area contributed by atoms with Gasteiger partial charge in [-0.1, -0.05) is 18.2 Å². The second-order valence-electron chi connectivity index (χ2n) is 7.19. The van der Waals surface area contributed by atoms with Crippen molar-refractivity contribution >= 4 is 0 Å². The first-order valence-corrected chi connectivity index (χ1v) is 8.32. The average Bonchev–Trinajstić information content (AvgIpc) is 3.21. The van der Waals surface area contributed by atoms with Crippen molar-refractivity contribution in [2.75, 3.05) is 19.6 Å². The van der Waals surface area contributed by atoms with Gasteiger partial charge in [-0.15, -0.1) is 0 Å². The fraction of sp³-hybridized carbons (Fsp3) is 0.667. The summed E-state index contributed by atoms with van der Waals surface area (Å²) < 4.78 is 0. The van der Waals surface area contributed by atoms with Gasteiger partial charge in [0.25, 0.3) is 0 Å². The molecular formula is C18H26N2. The van der Waals surface area contributed by atoms with Gasteiger partial charge in [-0.2, -0.15) is 0 Å². The molecule has 1 saturated heterocycles. The molecule has 108 valence electrons. The molecule has 20 heavy (non-hydrogen) atoms. The highest BCUT2D eigenvalue weighted by Crippen LogP contribution is 2.44. The summed E-state index contributed by atoms with van der Waals surface area (Å²) in [5, 5.41) is 3.61. The van der Waals surface area contributed by atoms with E-state index in [2.05, 4.69) is 35.3 Å². The number of benzene rings is 1. The van der Waals surface area contributed by atoms with Crippen LogP contribution < -0.4 is 5.32 Å². The second kappa shape index (κ2) is 4.85. The minimum Gasteiger partial charge on any atom is -0.314 e. The van der Waals surface area contributed by atoms with Crippen LogP contribution in [0.25, 0.3) is 0 Å². The third-order valence-electron chi connectivity index (χ3n) is 5.76. The molecule has 1 heterocycles. The van der Waals surface area contributed by atoms with E-state index in [1.807, 2.05) is 0 Å². The number of piperazine rings is 1. The van der Waals surface area contributed by atoms with Crippen LogP contribution in [-0.2, 0) is 19.4 Å². The molecule has 0 spiro atoms. The van der Waals surface area contributed by atoms with Crippen LogP contribution in [0.1, 0.15) is 42.9 Å². The molecule has 0 radical (unpaired) electrons. The van der Waals surface area contributed by atoms with Crippen molar-refractivity contribution < 1.29 is 0 Å². The van der Waals surface area contributed by atoms with Gasteiger partial charge in [0.15, 0.2) is 0 Å². The lowest BCUT2D eigenvalue weighted by Gasteiger charge is -2.46. The largest absolute Gasteiger partial charge is 0.314 e. The fourth-order valence-electron chi connectivity index (χ4n) is 4.23. The number of rotatable bonds is 3. The second-order valence-corrected chi connectivity index (χ2v) is 7.19. The first kappa shape index (κ1) is 12.8. The quantitative estimate of drug-likeness (QED) is 0.908. The van der Waals surface area contributed by atoms with E-state index < -0.39 is 0 Å². The van der Waals surface area contributed by atoms with Gasteiger partial charge in [-0.05, 0) is 61.6 Å². The normalized spacial score (nSPS) is 30.4. The molecule has 1 aromatic carbocycles. The molecule has 1 aliphatic heterocycles. The first-order chi connectivity index (χ1) is 9.75. The van der Waals surface area contributed by atoms with Crippen molar-refractivity contribution in [1.82, 2.24) is 10.2 Å². The molecule has 1 unspecified atom stereocenters. The van der Waals surface area contributed by atoms with E-state index in [0.29, 0.717) is 5.54 Å². The Balaban J connectivity index is 1.54. The average molecular weight is 270 g/mol. The van der Waals surface area contributed by atoms with Crippen LogP contribution >= 0.6 is 0 Å². The molecule has 1 saturated carbocycles. The third-order valence-corrected chi connectivity index (χ3v) is 5.76. The topological polar surface area (TPSA) is 15.3 Å². The summed E-state index contributed by atoms with van der Waals surface area (Å²) in [5.74, 6) is 0.921. The van der Waals surface area contributed by atoms with E-state index in [0.717, 1.165) is 19.0 Å². The molecule has 0 amide bonds. The summed E-state index contributed by atoms with van der Waals surface area (Å²) in [6, 6.07) is 7.24. The summed E-state index contributed by atoms with van der Waals surface area (Å²) in [5.41, 5.74) is 5.13. The predicted octanol–water partition coefficient (Wildman–Crippen LogP) is 2.75. The number of hydrogen-bond donors (Lipinski definition) is 1. The van der Waals surface area contributed by atoms with E-state index in [1.165, 1.54) is 50.8 Å². The van der Waals surface area contributed by atoms with Crippen molar-refractivity contribution in [3.63, 3.8) is 0 Å². The van der Waals surface area contributed by atoms with Gasteiger partial charge < -0.3 is 5.32 Å². The summed E-state index contributed by atoms with van der Waals surface area (Å²) in [6.07, 6.45) is 6.80. The van der Waals surface area contributed by atoms with Crippen LogP contribution in [0.4, 0.5) is 0 Å². The van der Waals surface area contributed by atoms with Gasteiger partial charge in [-0.3, -0.25) is 4.90 Å². The Hall–Kier alpha value is -0.860. The van der Waals surface area contributed by atoms with Crippen molar-refractivity contribution in [3.05, 3.63) is 34.9 Å². The molecule has 2 nitrogen and oxygen atoms in total. The molecule has 4 rings (SSSR count). The van der Waals surface area contributed by atoms with Gasteiger partial charge in [0.05, 0.1) is 0 Å². The molecule has 1 aromatic rings. The molecule has 0 bridgehead atoms. The van der Waals surface area contributed by atoms with E-state index >= 15 is 0 Å². The Morgan fingerprint density at radius 2 is 2.10 bits per heavy atom. The van der Waals surface area contributed by atoms with Crippen molar-refractivity contribution in [3.8, 4) is 0 Å². The molecule has 2 heteroatoms. The summed E-state index contributed by atoms with van der Waals surface area (Å²) in [7, 11) is 0. The summed E-state index contributed by atoms with van der Waals surface area (Å²) in [6.45, 7) is 7.13. The van der Waals surface area contributed by atoms with Crippen LogP contribution in [0.3, 0.4) is 0 Å². The Kier molecular flexibility index (Phi) is 3.12. The zero-order valence-corrected chi connectivity index (χ0v) is 12.6. The van der Waals surface area contributed by atoms with Gasteiger partial charge in [0.1, 0.15) is 0 Å². The molecule has 2 aliphatic carbocycles. The highest BCUT2D eigenvalue weighted by atomic mass is 15.3. The Morgan fingerprint density at radius 3 is 2.95 bits per heavy atom. The van der Waals surface area contributed by atoms with Gasteiger partial charge in [0, 0.05) is 31.7 Å². The maximum atomic E-state index is 3.61. The Bertz CT molecular complexity index is 506. The number of fused-ring (bicyclic) bond motifs is 1. The minimum absolute atomic E-state index is 0.386. The van der Waals surface area contributed by atoms with Gasteiger partial charge in [0.2, 0.25) is 0 Å². The van der Waals surface area contributed by atoms with Crippen LogP contribution in [0.2, 0.25) is 0 Å². The van der Waals surface area contributed by atoms with Crippen LogP contribution in [0.15, 0.2) is 18.2 Å². The minimum atomic E-state index is 0.386. The fourth-order valence-corrected chi connectivity index (χ4v) is 4.23. The van der Waals surface area contributed by atoms with Crippen LogP contribution in [0.5, 0.6) is 0 Å². The maximum absolute atomic E-state index is 3.61. The SMILES string of the molecule is CC1(C2CC2)CNCCN1Cc1ccc2c(c1)CCC2. The first-order valence-electron chi connectivity index (χ1n) is 8.32. The zero-order valence-electron chi connectivity index (χ0n) is 12.6. The van der Waals surface area contributed by atoms with Crippen LogP contribution in [-0.4, -0.2) is 30.1 Å². The predicted molar refractivity (Wildman–Crippen MR) is 82.9 cm³/mol. The molecule has 0 aromatic heterocycles. The lowest BCUT2D eigenvalue weighted by molar-refractivity contribution is 0.0484. The van der Waals surface area contributed by atoms with E-state index in [1.54, 1.807) is 11.1 Å². The molecular weight excluding hydrogens is 244 g/mol. The third kappa shape index (κ3) is 2.19. The van der Waals surface area contributed by atoms with Crippen molar-refractivity contribution in [1.29, 1.82) is 0 Å². The van der Waals surface area contributed by atoms with E-state index in [-0.39, 0.29) is 0 Å². The summed E-state index contributed by atoms with van der Waals surface area (Å²) >= 11 is 0. The monoisotopic (exact) mass is 270 g/mol. The Labute approximate surface area is 122 Å². The molecule has 1 atom stereocenters. The Morgan fingerprint density at radius 1 is 1.25 bits per heavy atom. The molecule has 3 aliphatic rings. The smallest absolute Gasteiger partial charge is 0.0337 e. The van der Waals surface area contributed by atoms with Crippen molar-refractivity contribution in [2.24, 2.45) is 5.92 Å². The van der Waals surface area contributed by atoms with E-state index in [4.69, 9.17) is 0 Å². The number of nitrogens with one attached hydrogen (secondary N) is 1.